The third kappa shape index (κ3) is 3.60. The van der Waals surface area contributed by atoms with Crippen molar-refractivity contribution in [3.8, 4) is 0 Å². The fourth-order valence-corrected chi connectivity index (χ4v) is 1.36. The lowest BCUT2D eigenvalue weighted by Gasteiger charge is -2.07. The van der Waals surface area contributed by atoms with E-state index in [1.54, 1.807) is 19.2 Å². The average Bonchev–Trinajstić information content (AvgIpc) is 2.36. The van der Waals surface area contributed by atoms with Crippen molar-refractivity contribution in [2.24, 2.45) is 0 Å². The Bertz CT molecular complexity index is 553. The van der Waals surface area contributed by atoms with Gasteiger partial charge in [-0.1, -0.05) is 0 Å². The molecule has 2 heterocycles. The highest BCUT2D eigenvalue weighted by Gasteiger charge is 2.32. The van der Waals surface area contributed by atoms with Gasteiger partial charge >= 0.3 is 6.18 Å². The Morgan fingerprint density at radius 3 is 2.53 bits per heavy atom. The first-order chi connectivity index (χ1) is 8.95. The summed E-state index contributed by atoms with van der Waals surface area (Å²) in [5, 5.41) is 9.40. The second-order valence-electron chi connectivity index (χ2n) is 3.75. The first kappa shape index (κ1) is 13.2. The van der Waals surface area contributed by atoms with Gasteiger partial charge in [0.1, 0.15) is 11.6 Å². The number of aryl methyl sites for hydroxylation is 1. The number of nitrogens with zero attached hydrogens (tertiary/aromatic N) is 4. The molecule has 0 bridgehead atoms. The summed E-state index contributed by atoms with van der Waals surface area (Å²) in [5.41, 5.74) is -0.301. The molecule has 0 atom stereocenters. The van der Waals surface area contributed by atoms with Gasteiger partial charge in [-0.3, -0.25) is 0 Å². The van der Waals surface area contributed by atoms with Gasteiger partial charge < -0.3 is 5.32 Å². The van der Waals surface area contributed by atoms with Crippen molar-refractivity contribution in [3.05, 3.63) is 41.6 Å². The van der Waals surface area contributed by atoms with Crippen LogP contribution in [0.25, 0.3) is 0 Å². The van der Waals surface area contributed by atoms with Crippen LogP contribution in [0.3, 0.4) is 0 Å². The predicted molar refractivity (Wildman–Crippen MR) is 61.1 cm³/mol. The minimum atomic E-state index is -4.48. The number of rotatable bonds is 3. The molecule has 100 valence electrons. The maximum atomic E-state index is 12.3. The van der Waals surface area contributed by atoms with E-state index in [9.17, 15) is 13.2 Å². The first-order valence-corrected chi connectivity index (χ1v) is 5.38. The molecule has 19 heavy (non-hydrogen) atoms. The average molecular weight is 269 g/mol. The van der Waals surface area contributed by atoms with Crippen LogP contribution in [0, 0.1) is 6.92 Å². The number of aromatic nitrogens is 4. The van der Waals surface area contributed by atoms with Crippen LogP contribution in [0.4, 0.5) is 19.0 Å². The molecule has 0 aliphatic carbocycles. The highest BCUT2D eigenvalue weighted by molar-refractivity contribution is 5.33. The zero-order chi connectivity index (χ0) is 13.9. The Hall–Kier alpha value is -2.25. The summed E-state index contributed by atoms with van der Waals surface area (Å²) in [6.07, 6.45) is -2.87. The van der Waals surface area contributed by atoms with E-state index in [0.29, 0.717) is 18.1 Å². The molecular weight excluding hydrogens is 259 g/mol. The van der Waals surface area contributed by atoms with Crippen molar-refractivity contribution < 1.29 is 13.2 Å². The molecule has 5 nitrogen and oxygen atoms in total. The number of halogens is 3. The van der Waals surface area contributed by atoms with Crippen LogP contribution in [-0.2, 0) is 12.7 Å². The lowest BCUT2D eigenvalue weighted by Crippen LogP contribution is -2.11. The summed E-state index contributed by atoms with van der Waals surface area (Å²) >= 11 is 0. The second kappa shape index (κ2) is 5.17. The smallest absolute Gasteiger partial charge is 0.363 e. The van der Waals surface area contributed by atoms with E-state index in [1.807, 2.05) is 0 Å². The third-order valence-corrected chi connectivity index (χ3v) is 2.24. The largest absolute Gasteiger partial charge is 0.435 e. The van der Waals surface area contributed by atoms with E-state index in [2.05, 4.69) is 25.5 Å². The number of hydrogen-bond donors (Lipinski definition) is 1. The van der Waals surface area contributed by atoms with Crippen molar-refractivity contribution in [3.63, 3.8) is 0 Å². The van der Waals surface area contributed by atoms with Crippen LogP contribution in [0.15, 0.2) is 24.4 Å². The van der Waals surface area contributed by atoms with Gasteiger partial charge in [-0.15, -0.1) is 10.2 Å². The quantitative estimate of drug-likeness (QED) is 0.925. The van der Waals surface area contributed by atoms with Crippen molar-refractivity contribution >= 4 is 5.82 Å². The molecule has 0 spiro atoms. The fraction of sp³-hybridized carbons (Fsp3) is 0.273. The molecule has 0 saturated carbocycles. The van der Waals surface area contributed by atoms with Gasteiger partial charge in [-0.05, 0) is 25.1 Å². The Balaban J connectivity index is 2.01. The van der Waals surface area contributed by atoms with E-state index in [1.165, 1.54) is 6.07 Å². The zero-order valence-corrected chi connectivity index (χ0v) is 9.94. The second-order valence-corrected chi connectivity index (χ2v) is 3.75. The molecule has 1 N–H and O–H groups in total. The third-order valence-electron chi connectivity index (χ3n) is 2.24. The van der Waals surface area contributed by atoms with Gasteiger partial charge in [0.25, 0.3) is 0 Å². The molecule has 0 radical (unpaired) electrons. The summed E-state index contributed by atoms with van der Waals surface area (Å²) < 4.78 is 36.8. The summed E-state index contributed by atoms with van der Waals surface area (Å²) in [7, 11) is 0. The maximum absolute atomic E-state index is 12.3. The van der Waals surface area contributed by atoms with Crippen molar-refractivity contribution in [1.82, 2.24) is 20.2 Å². The van der Waals surface area contributed by atoms with Crippen molar-refractivity contribution in [2.75, 3.05) is 5.32 Å². The lowest BCUT2D eigenvalue weighted by molar-refractivity contribution is -0.141. The maximum Gasteiger partial charge on any atom is 0.435 e. The molecule has 0 saturated heterocycles. The Kier molecular flexibility index (Phi) is 3.59. The standard InChI is InChI=1S/C11H10F3N5/c1-7-15-5-4-8(17-7)6-16-10-3-2-9(18-19-10)11(12,13)14/h2-5H,6H2,1H3,(H,16,19). The van der Waals surface area contributed by atoms with Crippen LogP contribution in [0.5, 0.6) is 0 Å². The Morgan fingerprint density at radius 1 is 1.16 bits per heavy atom. The molecule has 0 amide bonds. The lowest BCUT2D eigenvalue weighted by atomic mass is 10.3. The summed E-state index contributed by atoms with van der Waals surface area (Å²) in [4.78, 5) is 8.08. The van der Waals surface area contributed by atoms with E-state index in [-0.39, 0.29) is 5.82 Å². The summed E-state index contributed by atoms with van der Waals surface area (Å²) in [6.45, 7) is 2.09. The summed E-state index contributed by atoms with van der Waals surface area (Å²) in [5.74, 6) is 0.877. The van der Waals surface area contributed by atoms with Crippen LogP contribution < -0.4 is 5.32 Å². The monoisotopic (exact) mass is 269 g/mol. The molecule has 2 rings (SSSR count). The molecule has 0 unspecified atom stereocenters. The van der Waals surface area contributed by atoms with Gasteiger partial charge in [0, 0.05) is 6.20 Å². The molecule has 2 aromatic heterocycles. The molecule has 0 aliphatic rings. The van der Waals surface area contributed by atoms with Crippen LogP contribution in [-0.4, -0.2) is 20.2 Å². The van der Waals surface area contributed by atoms with E-state index in [4.69, 9.17) is 0 Å². The molecular formula is C11H10F3N5. The zero-order valence-electron chi connectivity index (χ0n) is 9.94. The summed E-state index contributed by atoms with van der Waals surface area (Å²) in [6, 6.07) is 3.81. The normalized spacial score (nSPS) is 11.4. The molecule has 8 heteroatoms. The Labute approximate surface area is 106 Å². The predicted octanol–water partition coefficient (Wildman–Crippen LogP) is 2.21. The molecule has 0 aliphatic heterocycles. The highest BCUT2D eigenvalue weighted by atomic mass is 19.4. The highest BCUT2D eigenvalue weighted by Crippen LogP contribution is 2.27. The van der Waals surface area contributed by atoms with Crippen molar-refractivity contribution in [2.45, 2.75) is 19.6 Å². The van der Waals surface area contributed by atoms with E-state index in [0.717, 1.165) is 6.07 Å². The van der Waals surface area contributed by atoms with Crippen LogP contribution >= 0.6 is 0 Å². The van der Waals surface area contributed by atoms with Crippen LogP contribution in [0.2, 0.25) is 0 Å². The first-order valence-electron chi connectivity index (χ1n) is 5.38. The molecule has 0 fully saturated rings. The minimum Gasteiger partial charge on any atom is -0.363 e. The van der Waals surface area contributed by atoms with E-state index < -0.39 is 11.9 Å². The van der Waals surface area contributed by atoms with Crippen molar-refractivity contribution in [1.29, 1.82) is 0 Å². The fourth-order valence-electron chi connectivity index (χ4n) is 1.36. The van der Waals surface area contributed by atoms with E-state index >= 15 is 0 Å². The van der Waals surface area contributed by atoms with Gasteiger partial charge in [0.2, 0.25) is 0 Å². The number of nitrogens with one attached hydrogen (secondary N) is 1. The molecule has 0 aromatic carbocycles. The van der Waals surface area contributed by atoms with Crippen LogP contribution in [0.1, 0.15) is 17.2 Å². The van der Waals surface area contributed by atoms with Gasteiger partial charge in [0.05, 0.1) is 12.2 Å². The minimum absolute atomic E-state index is 0.254. The number of hydrogen-bond acceptors (Lipinski definition) is 5. The number of alkyl halides is 3. The topological polar surface area (TPSA) is 63.6 Å². The van der Waals surface area contributed by atoms with Gasteiger partial charge in [0.15, 0.2) is 5.69 Å². The van der Waals surface area contributed by atoms with Gasteiger partial charge in [-0.2, -0.15) is 13.2 Å². The van der Waals surface area contributed by atoms with Gasteiger partial charge in [-0.25, -0.2) is 9.97 Å². The SMILES string of the molecule is Cc1nccc(CNc2ccc(C(F)(F)F)nn2)n1. The number of anilines is 1. The Morgan fingerprint density at radius 2 is 1.95 bits per heavy atom. The molecule has 2 aromatic rings.